The van der Waals surface area contributed by atoms with Gasteiger partial charge in [-0.15, -0.1) is 0 Å². The second kappa shape index (κ2) is 5.17. The smallest absolute Gasteiger partial charge is 0.107 e. The molecule has 1 saturated heterocycles. The summed E-state index contributed by atoms with van der Waals surface area (Å²) < 4.78 is 2.29. The molecule has 102 valence electrons. The molecule has 0 spiro atoms. The Bertz CT molecular complexity index is 508. The molecule has 0 aliphatic carbocycles. The van der Waals surface area contributed by atoms with Crippen molar-refractivity contribution in [2.45, 2.75) is 38.1 Å². The van der Waals surface area contributed by atoms with Gasteiger partial charge in [-0.3, -0.25) is 0 Å². The van der Waals surface area contributed by atoms with E-state index in [0.29, 0.717) is 0 Å². The molecular weight excluding hydrogens is 238 g/mol. The van der Waals surface area contributed by atoms with Crippen LogP contribution in [-0.4, -0.2) is 32.6 Å². The molecule has 3 rings (SSSR count). The summed E-state index contributed by atoms with van der Waals surface area (Å²) in [6, 6.07) is 0. The van der Waals surface area contributed by atoms with Crippen LogP contribution in [0.25, 0.3) is 0 Å². The van der Waals surface area contributed by atoms with Crippen LogP contribution in [-0.2, 0) is 18.4 Å². The molecule has 0 atom stereocenters. The van der Waals surface area contributed by atoms with Crippen molar-refractivity contribution in [1.82, 2.24) is 24.8 Å². The van der Waals surface area contributed by atoms with Gasteiger partial charge in [0.2, 0.25) is 0 Å². The number of aryl methyl sites for hydroxylation is 2. The van der Waals surface area contributed by atoms with E-state index in [9.17, 15) is 0 Å². The minimum Gasteiger partial charge on any atom is -0.349 e. The normalized spacial score (nSPS) is 18.6. The first kappa shape index (κ1) is 12.4. The van der Waals surface area contributed by atoms with Crippen LogP contribution in [0.15, 0.2) is 24.9 Å². The number of imidazole rings is 2. The van der Waals surface area contributed by atoms with Gasteiger partial charge in [0, 0.05) is 42.7 Å². The van der Waals surface area contributed by atoms with Crippen molar-refractivity contribution in [2.75, 3.05) is 13.1 Å². The molecule has 1 fully saturated rings. The number of nitrogens with zero attached hydrogens (tertiary/aromatic N) is 3. The van der Waals surface area contributed by atoms with Gasteiger partial charge in [-0.2, -0.15) is 0 Å². The monoisotopic (exact) mass is 259 g/mol. The number of aromatic nitrogens is 4. The van der Waals surface area contributed by atoms with Crippen molar-refractivity contribution in [2.24, 2.45) is 0 Å². The fourth-order valence-corrected chi connectivity index (χ4v) is 2.90. The van der Waals surface area contributed by atoms with Crippen LogP contribution in [0.5, 0.6) is 0 Å². The Morgan fingerprint density at radius 3 is 2.95 bits per heavy atom. The summed E-state index contributed by atoms with van der Waals surface area (Å²) in [7, 11) is 0. The molecule has 0 aromatic carbocycles. The van der Waals surface area contributed by atoms with E-state index in [-0.39, 0.29) is 5.41 Å². The van der Waals surface area contributed by atoms with Crippen LogP contribution in [0.1, 0.15) is 31.3 Å². The Labute approximate surface area is 113 Å². The summed E-state index contributed by atoms with van der Waals surface area (Å²) in [5, 5.41) is 3.43. The summed E-state index contributed by atoms with van der Waals surface area (Å²) in [5.41, 5.74) is 1.62. The molecular formula is C14H21N5. The van der Waals surface area contributed by atoms with Gasteiger partial charge in [0.15, 0.2) is 0 Å². The molecule has 0 unspecified atom stereocenters. The van der Waals surface area contributed by atoms with Crippen LogP contribution < -0.4 is 5.32 Å². The summed E-state index contributed by atoms with van der Waals surface area (Å²) >= 11 is 0. The third-order valence-corrected chi connectivity index (χ3v) is 4.18. The lowest BCUT2D eigenvalue weighted by Crippen LogP contribution is -2.39. The molecule has 0 amide bonds. The number of H-pyrrole nitrogens is 1. The highest BCUT2D eigenvalue weighted by atomic mass is 15.1. The zero-order valence-corrected chi connectivity index (χ0v) is 11.4. The minimum atomic E-state index is 0.255. The molecule has 1 aliphatic rings. The third kappa shape index (κ3) is 2.56. The fraction of sp³-hybridized carbons (Fsp3) is 0.571. The molecule has 3 heterocycles. The molecule has 1 aliphatic heterocycles. The number of aromatic amines is 1. The number of nitrogens with one attached hydrogen (secondary N) is 2. The maximum atomic E-state index is 4.35. The minimum absolute atomic E-state index is 0.255. The van der Waals surface area contributed by atoms with E-state index in [1.807, 2.05) is 18.7 Å². The van der Waals surface area contributed by atoms with E-state index < -0.39 is 0 Å². The predicted molar refractivity (Wildman–Crippen MR) is 74.0 cm³/mol. The van der Waals surface area contributed by atoms with Gasteiger partial charge in [0.25, 0.3) is 0 Å². The van der Waals surface area contributed by atoms with Gasteiger partial charge in [-0.1, -0.05) is 6.92 Å². The van der Waals surface area contributed by atoms with E-state index in [1.54, 1.807) is 6.20 Å². The van der Waals surface area contributed by atoms with E-state index in [2.05, 4.69) is 31.8 Å². The van der Waals surface area contributed by atoms with Crippen LogP contribution in [0.4, 0.5) is 0 Å². The number of rotatable bonds is 4. The van der Waals surface area contributed by atoms with Gasteiger partial charge < -0.3 is 14.9 Å². The van der Waals surface area contributed by atoms with Crippen molar-refractivity contribution in [1.29, 1.82) is 0 Å². The van der Waals surface area contributed by atoms with Crippen molar-refractivity contribution < 1.29 is 0 Å². The molecule has 0 bridgehead atoms. The van der Waals surface area contributed by atoms with Gasteiger partial charge >= 0.3 is 0 Å². The number of hydrogen-bond donors (Lipinski definition) is 2. The Hall–Kier alpha value is -1.62. The molecule has 5 nitrogen and oxygen atoms in total. The van der Waals surface area contributed by atoms with Crippen LogP contribution in [0.3, 0.4) is 0 Å². The van der Waals surface area contributed by atoms with Gasteiger partial charge in [0.1, 0.15) is 5.82 Å². The highest BCUT2D eigenvalue weighted by molar-refractivity contribution is 5.15. The number of piperidine rings is 1. The summed E-state index contributed by atoms with van der Waals surface area (Å²) in [6.07, 6.45) is 10.9. The number of hydrogen-bond acceptors (Lipinski definition) is 3. The zero-order valence-electron chi connectivity index (χ0n) is 11.4. The average Bonchev–Trinajstić information content (AvgIpc) is 3.09. The fourth-order valence-electron chi connectivity index (χ4n) is 2.90. The second-order valence-corrected chi connectivity index (χ2v) is 5.57. The van der Waals surface area contributed by atoms with E-state index >= 15 is 0 Å². The van der Waals surface area contributed by atoms with E-state index in [4.69, 9.17) is 0 Å². The summed E-state index contributed by atoms with van der Waals surface area (Å²) in [6.45, 7) is 5.49. The Kier molecular flexibility index (Phi) is 3.38. The van der Waals surface area contributed by atoms with Crippen LogP contribution in [0, 0.1) is 0 Å². The standard InChI is InChI=1S/C14H21N5/c1-14(3-5-15-6-4-14)12-10-16-11-19(12)9-2-13-17-7-8-18-13/h7-8,10-11,15H,2-6,9H2,1H3,(H,17,18). The van der Waals surface area contributed by atoms with Crippen molar-refractivity contribution in [3.05, 3.63) is 36.4 Å². The average molecular weight is 259 g/mol. The van der Waals surface area contributed by atoms with Crippen LogP contribution >= 0.6 is 0 Å². The van der Waals surface area contributed by atoms with Crippen molar-refractivity contribution in [3.63, 3.8) is 0 Å². The molecule has 0 radical (unpaired) electrons. The first-order valence-electron chi connectivity index (χ1n) is 6.97. The molecule has 5 heteroatoms. The topological polar surface area (TPSA) is 58.5 Å². The van der Waals surface area contributed by atoms with Gasteiger partial charge in [-0.25, -0.2) is 9.97 Å². The second-order valence-electron chi connectivity index (χ2n) is 5.57. The van der Waals surface area contributed by atoms with E-state index in [1.165, 1.54) is 18.5 Å². The molecule has 2 N–H and O–H groups in total. The molecule has 2 aromatic heterocycles. The maximum absolute atomic E-state index is 4.35. The lowest BCUT2D eigenvalue weighted by Gasteiger charge is -2.34. The lowest BCUT2D eigenvalue weighted by molar-refractivity contribution is 0.316. The zero-order chi connectivity index (χ0) is 13.1. The van der Waals surface area contributed by atoms with Crippen molar-refractivity contribution >= 4 is 0 Å². The third-order valence-electron chi connectivity index (χ3n) is 4.18. The Morgan fingerprint density at radius 1 is 1.37 bits per heavy atom. The van der Waals surface area contributed by atoms with Gasteiger partial charge in [0.05, 0.1) is 6.33 Å². The highest BCUT2D eigenvalue weighted by Crippen LogP contribution is 2.32. The first-order valence-corrected chi connectivity index (χ1v) is 6.97. The quantitative estimate of drug-likeness (QED) is 0.874. The predicted octanol–water partition coefficient (Wildman–Crippen LogP) is 1.49. The molecule has 2 aromatic rings. The summed E-state index contributed by atoms with van der Waals surface area (Å²) in [5.74, 6) is 1.04. The van der Waals surface area contributed by atoms with E-state index in [0.717, 1.165) is 31.9 Å². The lowest BCUT2D eigenvalue weighted by atomic mass is 9.78. The maximum Gasteiger partial charge on any atom is 0.107 e. The summed E-state index contributed by atoms with van der Waals surface area (Å²) in [4.78, 5) is 11.8. The Morgan fingerprint density at radius 2 is 2.21 bits per heavy atom. The van der Waals surface area contributed by atoms with Crippen LogP contribution in [0.2, 0.25) is 0 Å². The SMILES string of the molecule is CC1(c2cncn2CCc2ncc[nH]2)CCNCC1. The highest BCUT2D eigenvalue weighted by Gasteiger charge is 2.31. The Balaban J connectivity index is 1.74. The first-order chi connectivity index (χ1) is 9.28. The molecule has 19 heavy (non-hydrogen) atoms. The van der Waals surface area contributed by atoms with Gasteiger partial charge in [-0.05, 0) is 25.9 Å². The molecule has 0 saturated carbocycles. The largest absolute Gasteiger partial charge is 0.349 e. The van der Waals surface area contributed by atoms with Crippen molar-refractivity contribution in [3.8, 4) is 0 Å².